The van der Waals surface area contributed by atoms with Crippen molar-refractivity contribution >= 4 is 15.9 Å². The number of aryl methyl sites for hydroxylation is 1. The monoisotopic (exact) mass is 342 g/mol. The molecule has 1 aliphatic carbocycles. The van der Waals surface area contributed by atoms with Crippen molar-refractivity contribution in [3.63, 3.8) is 0 Å². The molecule has 1 aromatic rings. The van der Waals surface area contributed by atoms with E-state index in [1.54, 1.807) is 0 Å². The number of aromatic nitrogens is 2. The van der Waals surface area contributed by atoms with Gasteiger partial charge in [0.2, 0.25) is 0 Å². The molecule has 0 bridgehead atoms. The molecule has 0 saturated heterocycles. The third kappa shape index (κ3) is 3.14. The molecular weight excluding hydrogens is 320 g/mol. The zero-order valence-electron chi connectivity index (χ0n) is 12.3. The Balaban J connectivity index is 2.48. The molecule has 112 valence electrons. The van der Waals surface area contributed by atoms with Gasteiger partial charge < -0.3 is 9.72 Å². The number of nitrogens with zero attached hydrogens (tertiary/aromatic N) is 1. The molecule has 2 rings (SSSR count). The summed E-state index contributed by atoms with van der Waals surface area (Å²) in [5.74, 6) is 0.714. The highest BCUT2D eigenvalue weighted by atomic mass is 79.9. The molecule has 1 fully saturated rings. The first-order chi connectivity index (χ1) is 9.63. The number of nitrogens with one attached hydrogen (secondary N) is 1. The van der Waals surface area contributed by atoms with Crippen molar-refractivity contribution in [2.45, 2.75) is 64.4 Å². The quantitative estimate of drug-likeness (QED) is 0.849. The van der Waals surface area contributed by atoms with Crippen LogP contribution in [0.1, 0.15) is 63.9 Å². The SMILES string of the molecule is CCOC1(c2nc(CC)c(Br)c(=O)[nH]2)CCCCCC1. The van der Waals surface area contributed by atoms with Crippen LogP contribution in [0.15, 0.2) is 9.27 Å². The third-order valence-electron chi connectivity index (χ3n) is 4.03. The van der Waals surface area contributed by atoms with E-state index in [4.69, 9.17) is 4.74 Å². The fourth-order valence-corrected chi connectivity index (χ4v) is 3.45. The van der Waals surface area contributed by atoms with Gasteiger partial charge in [0.1, 0.15) is 15.9 Å². The van der Waals surface area contributed by atoms with Crippen LogP contribution in [0.3, 0.4) is 0 Å². The van der Waals surface area contributed by atoms with Gasteiger partial charge in [-0.2, -0.15) is 0 Å². The molecule has 1 heterocycles. The number of hydrogen-bond donors (Lipinski definition) is 1. The van der Waals surface area contributed by atoms with Gasteiger partial charge in [0.15, 0.2) is 0 Å². The van der Waals surface area contributed by atoms with E-state index in [9.17, 15) is 4.79 Å². The molecule has 1 aromatic heterocycles. The van der Waals surface area contributed by atoms with E-state index in [-0.39, 0.29) is 5.56 Å². The summed E-state index contributed by atoms with van der Waals surface area (Å²) >= 11 is 3.32. The van der Waals surface area contributed by atoms with Gasteiger partial charge >= 0.3 is 0 Å². The summed E-state index contributed by atoms with van der Waals surface area (Å²) in [6.07, 6.45) is 7.33. The van der Waals surface area contributed by atoms with Crippen LogP contribution >= 0.6 is 15.9 Å². The topological polar surface area (TPSA) is 55.0 Å². The van der Waals surface area contributed by atoms with Gasteiger partial charge in [0.05, 0.1) is 5.69 Å². The Bertz CT molecular complexity index is 505. The van der Waals surface area contributed by atoms with Crippen LogP contribution in [0.2, 0.25) is 0 Å². The lowest BCUT2D eigenvalue weighted by Crippen LogP contribution is -2.34. The summed E-state index contributed by atoms with van der Waals surface area (Å²) in [6.45, 7) is 4.66. The first-order valence-corrected chi connectivity index (χ1v) is 8.35. The standard InChI is InChI=1S/C15H23BrN2O2/c1-3-11-12(16)13(19)18-14(17-11)15(20-4-2)9-7-5-6-8-10-15/h3-10H2,1-2H3,(H,17,18,19). The van der Waals surface area contributed by atoms with E-state index in [0.29, 0.717) is 16.9 Å². The van der Waals surface area contributed by atoms with Gasteiger partial charge in [-0.05, 0) is 42.1 Å². The maximum atomic E-state index is 12.1. The summed E-state index contributed by atoms with van der Waals surface area (Å²) in [4.78, 5) is 19.7. The second-order valence-electron chi connectivity index (χ2n) is 5.37. The fourth-order valence-electron chi connectivity index (χ4n) is 2.98. The lowest BCUT2D eigenvalue weighted by molar-refractivity contribution is -0.0627. The number of hydrogen-bond acceptors (Lipinski definition) is 3. The Morgan fingerprint density at radius 1 is 1.25 bits per heavy atom. The molecule has 1 saturated carbocycles. The number of halogens is 1. The van der Waals surface area contributed by atoms with Crippen LogP contribution in [-0.4, -0.2) is 16.6 Å². The average molecular weight is 343 g/mol. The van der Waals surface area contributed by atoms with E-state index in [2.05, 4.69) is 25.9 Å². The fraction of sp³-hybridized carbons (Fsp3) is 0.733. The van der Waals surface area contributed by atoms with Gasteiger partial charge in [-0.15, -0.1) is 0 Å². The van der Waals surface area contributed by atoms with Crippen molar-refractivity contribution in [1.29, 1.82) is 0 Å². The first-order valence-electron chi connectivity index (χ1n) is 7.56. The minimum absolute atomic E-state index is 0.102. The van der Waals surface area contributed by atoms with Crippen molar-refractivity contribution in [2.24, 2.45) is 0 Å². The van der Waals surface area contributed by atoms with Gasteiger partial charge in [-0.3, -0.25) is 4.79 Å². The highest BCUT2D eigenvalue weighted by molar-refractivity contribution is 9.10. The predicted molar refractivity (Wildman–Crippen MR) is 82.9 cm³/mol. The van der Waals surface area contributed by atoms with Crippen molar-refractivity contribution < 1.29 is 4.74 Å². The molecule has 4 nitrogen and oxygen atoms in total. The lowest BCUT2D eigenvalue weighted by Gasteiger charge is -2.31. The van der Waals surface area contributed by atoms with Crippen molar-refractivity contribution in [1.82, 2.24) is 9.97 Å². The highest BCUT2D eigenvalue weighted by Crippen LogP contribution is 2.37. The summed E-state index contributed by atoms with van der Waals surface area (Å²) < 4.78 is 6.63. The molecular formula is C15H23BrN2O2. The second-order valence-corrected chi connectivity index (χ2v) is 6.16. The first kappa shape index (κ1) is 15.7. The van der Waals surface area contributed by atoms with Crippen LogP contribution in [0, 0.1) is 0 Å². The molecule has 0 radical (unpaired) electrons. The van der Waals surface area contributed by atoms with Crippen molar-refractivity contribution in [2.75, 3.05) is 6.61 Å². The Kier molecular flexibility index (Phi) is 5.38. The van der Waals surface area contributed by atoms with Crippen LogP contribution in [0.25, 0.3) is 0 Å². The van der Waals surface area contributed by atoms with E-state index in [0.717, 1.165) is 37.8 Å². The summed E-state index contributed by atoms with van der Waals surface area (Å²) in [6, 6.07) is 0. The zero-order chi connectivity index (χ0) is 14.6. The van der Waals surface area contributed by atoms with Gasteiger partial charge in [0, 0.05) is 6.61 Å². The minimum Gasteiger partial charge on any atom is -0.367 e. The second kappa shape index (κ2) is 6.85. The van der Waals surface area contributed by atoms with Gasteiger partial charge in [0.25, 0.3) is 5.56 Å². The summed E-state index contributed by atoms with van der Waals surface area (Å²) in [5.41, 5.74) is 0.303. The van der Waals surface area contributed by atoms with Gasteiger partial charge in [-0.1, -0.05) is 32.6 Å². The molecule has 1 N–H and O–H groups in total. The van der Waals surface area contributed by atoms with Crippen molar-refractivity contribution in [3.8, 4) is 0 Å². The third-order valence-corrected chi connectivity index (χ3v) is 4.85. The number of H-pyrrole nitrogens is 1. The maximum Gasteiger partial charge on any atom is 0.265 e. The molecule has 0 spiro atoms. The normalized spacial score (nSPS) is 18.8. The number of rotatable bonds is 4. The number of aromatic amines is 1. The summed E-state index contributed by atoms with van der Waals surface area (Å²) in [7, 11) is 0. The molecule has 0 aliphatic heterocycles. The average Bonchev–Trinajstić information content (AvgIpc) is 2.68. The summed E-state index contributed by atoms with van der Waals surface area (Å²) in [5, 5.41) is 0. The van der Waals surface area contributed by atoms with Gasteiger partial charge in [-0.25, -0.2) is 4.98 Å². The zero-order valence-corrected chi connectivity index (χ0v) is 13.9. The highest BCUT2D eigenvalue weighted by Gasteiger charge is 2.36. The van der Waals surface area contributed by atoms with E-state index in [1.807, 2.05) is 13.8 Å². The maximum absolute atomic E-state index is 12.1. The Hall–Kier alpha value is -0.680. The lowest BCUT2D eigenvalue weighted by atomic mass is 9.93. The Morgan fingerprint density at radius 2 is 1.90 bits per heavy atom. The van der Waals surface area contributed by atoms with E-state index >= 15 is 0 Å². The van der Waals surface area contributed by atoms with Crippen LogP contribution < -0.4 is 5.56 Å². The molecule has 0 atom stereocenters. The molecule has 1 aliphatic rings. The van der Waals surface area contributed by atoms with Crippen LogP contribution in [0.5, 0.6) is 0 Å². The molecule has 0 unspecified atom stereocenters. The van der Waals surface area contributed by atoms with Crippen LogP contribution in [0.4, 0.5) is 0 Å². The van der Waals surface area contributed by atoms with Crippen LogP contribution in [-0.2, 0) is 16.8 Å². The largest absolute Gasteiger partial charge is 0.367 e. The van der Waals surface area contributed by atoms with E-state index < -0.39 is 5.60 Å². The molecule has 5 heteroatoms. The Morgan fingerprint density at radius 3 is 2.45 bits per heavy atom. The predicted octanol–water partition coefficient (Wildman–Crippen LogP) is 3.68. The number of ether oxygens (including phenoxy) is 1. The Labute approximate surface area is 128 Å². The molecule has 0 aromatic carbocycles. The smallest absolute Gasteiger partial charge is 0.265 e. The van der Waals surface area contributed by atoms with E-state index in [1.165, 1.54) is 12.8 Å². The molecule has 0 amide bonds. The minimum atomic E-state index is -0.408. The van der Waals surface area contributed by atoms with Crippen molar-refractivity contribution in [3.05, 3.63) is 26.3 Å². The molecule has 20 heavy (non-hydrogen) atoms.